The molecule has 0 saturated carbocycles. The summed E-state index contributed by atoms with van der Waals surface area (Å²) in [6, 6.07) is 39.1. The molecule has 4 aromatic carbocycles. The van der Waals surface area contributed by atoms with Crippen molar-refractivity contribution < 1.29 is 4.79 Å². The van der Waals surface area contributed by atoms with E-state index >= 15 is 0 Å². The van der Waals surface area contributed by atoms with Crippen molar-refractivity contribution in [2.45, 2.75) is 37.8 Å². The van der Waals surface area contributed by atoms with Gasteiger partial charge in [0.1, 0.15) is 0 Å². The van der Waals surface area contributed by atoms with Gasteiger partial charge in [0.2, 0.25) is 0 Å². The first kappa shape index (κ1) is 27.5. The number of nitrogens with zero attached hydrogens (tertiary/aromatic N) is 2. The van der Waals surface area contributed by atoms with Gasteiger partial charge in [0.05, 0.1) is 11.4 Å². The molecule has 1 amide bonds. The summed E-state index contributed by atoms with van der Waals surface area (Å²) in [6.45, 7) is 7.13. The van der Waals surface area contributed by atoms with Gasteiger partial charge in [-0.3, -0.25) is 9.36 Å². The van der Waals surface area contributed by atoms with E-state index in [9.17, 15) is 4.79 Å². The number of carbonyl (C=O) groups is 1. The van der Waals surface area contributed by atoms with Crippen LogP contribution in [0.5, 0.6) is 0 Å². The van der Waals surface area contributed by atoms with Crippen LogP contribution in [0, 0.1) is 0 Å². The molecule has 0 spiro atoms. The Morgan fingerprint density at radius 1 is 0.775 bits per heavy atom. The number of rotatable bonds is 9. The van der Waals surface area contributed by atoms with Crippen LogP contribution < -0.4 is 5.32 Å². The largest absolute Gasteiger partial charge is 0.352 e. The van der Waals surface area contributed by atoms with Crippen LogP contribution in [0.2, 0.25) is 0 Å². The van der Waals surface area contributed by atoms with Gasteiger partial charge < -0.3 is 5.32 Å². The van der Waals surface area contributed by atoms with Crippen LogP contribution in [-0.2, 0) is 5.41 Å². The molecule has 5 aromatic rings. The minimum absolute atomic E-state index is 0.0334. The van der Waals surface area contributed by atoms with Crippen molar-refractivity contribution in [3.63, 3.8) is 0 Å². The van der Waals surface area contributed by atoms with Crippen LogP contribution in [0.1, 0.15) is 43.1 Å². The lowest BCUT2D eigenvalue weighted by atomic mass is 9.87. The molecule has 0 aliphatic rings. The Morgan fingerprint density at radius 2 is 1.35 bits per heavy atom. The lowest BCUT2D eigenvalue weighted by molar-refractivity contribution is 0.0953. The number of amides is 1. The Kier molecular flexibility index (Phi) is 8.51. The zero-order valence-electron chi connectivity index (χ0n) is 23.3. The summed E-state index contributed by atoms with van der Waals surface area (Å²) in [5.74, 6) is 0.796. The predicted octanol–water partition coefficient (Wildman–Crippen LogP) is 8.42. The van der Waals surface area contributed by atoms with E-state index in [1.165, 1.54) is 5.56 Å². The molecule has 202 valence electrons. The maximum Gasteiger partial charge on any atom is 0.251 e. The third-order valence-electron chi connectivity index (χ3n) is 6.81. The summed E-state index contributed by atoms with van der Waals surface area (Å²) in [7, 11) is 0. The van der Waals surface area contributed by atoms with Crippen molar-refractivity contribution in [2.75, 3.05) is 12.3 Å². The summed E-state index contributed by atoms with van der Waals surface area (Å²) in [5.41, 5.74) is 7.30. The highest BCUT2D eigenvalue weighted by molar-refractivity contribution is 7.99. The molecule has 0 fully saturated rings. The Hall–Kier alpha value is -4.09. The number of hydrogen-bond acceptors (Lipinski definition) is 3. The number of para-hydroxylation sites is 1. The molecule has 0 aliphatic carbocycles. The Balaban J connectivity index is 1.34. The topological polar surface area (TPSA) is 46.9 Å². The monoisotopic (exact) mass is 545 g/mol. The highest BCUT2D eigenvalue weighted by atomic mass is 32.2. The molecule has 40 heavy (non-hydrogen) atoms. The van der Waals surface area contributed by atoms with E-state index in [2.05, 4.69) is 103 Å². The predicted molar refractivity (Wildman–Crippen MR) is 167 cm³/mol. The standard InChI is InChI=1S/C35H35N3OS/c1-35(2,3)29-22-20-28(21-23-29)33(39)36-24-13-25-40-34-37-31(26-14-7-4-8-15-26)32(27-16-9-5-10-17-27)38(34)30-18-11-6-12-19-30/h4-12,14-23H,13,24-25H2,1-3H3,(H,36,39). The molecule has 5 heteroatoms. The van der Waals surface area contributed by atoms with E-state index in [-0.39, 0.29) is 11.3 Å². The number of aromatic nitrogens is 2. The van der Waals surface area contributed by atoms with E-state index < -0.39 is 0 Å². The molecule has 0 bridgehead atoms. The zero-order chi connectivity index (χ0) is 28.0. The summed E-state index contributed by atoms with van der Waals surface area (Å²) in [4.78, 5) is 17.9. The van der Waals surface area contributed by atoms with E-state index in [0.29, 0.717) is 12.1 Å². The van der Waals surface area contributed by atoms with Gasteiger partial charge in [-0.2, -0.15) is 0 Å². The first-order chi connectivity index (χ1) is 19.4. The molecule has 0 radical (unpaired) electrons. The van der Waals surface area contributed by atoms with E-state index in [0.717, 1.165) is 45.5 Å². The van der Waals surface area contributed by atoms with Gasteiger partial charge in [0, 0.05) is 34.7 Å². The normalized spacial score (nSPS) is 11.4. The van der Waals surface area contributed by atoms with Crippen LogP contribution in [0.4, 0.5) is 0 Å². The van der Waals surface area contributed by atoms with Crippen molar-refractivity contribution in [3.05, 3.63) is 126 Å². The molecule has 0 unspecified atom stereocenters. The summed E-state index contributed by atoms with van der Waals surface area (Å²) in [5, 5.41) is 4.02. The summed E-state index contributed by atoms with van der Waals surface area (Å²) < 4.78 is 2.26. The minimum Gasteiger partial charge on any atom is -0.352 e. The fourth-order valence-electron chi connectivity index (χ4n) is 4.63. The second-order valence-corrected chi connectivity index (χ2v) is 11.8. The smallest absolute Gasteiger partial charge is 0.251 e. The summed E-state index contributed by atoms with van der Waals surface area (Å²) >= 11 is 1.72. The first-order valence-corrected chi connectivity index (χ1v) is 14.7. The minimum atomic E-state index is -0.0334. The van der Waals surface area contributed by atoms with Gasteiger partial charge in [-0.05, 0) is 41.7 Å². The Morgan fingerprint density at radius 3 is 1.95 bits per heavy atom. The highest BCUT2D eigenvalue weighted by Crippen LogP contribution is 2.38. The maximum atomic E-state index is 12.7. The lowest BCUT2D eigenvalue weighted by Gasteiger charge is -2.19. The molecule has 1 aromatic heterocycles. The maximum absolute atomic E-state index is 12.7. The van der Waals surface area contributed by atoms with Crippen molar-refractivity contribution >= 4 is 17.7 Å². The van der Waals surface area contributed by atoms with Crippen LogP contribution in [0.3, 0.4) is 0 Å². The van der Waals surface area contributed by atoms with E-state index in [4.69, 9.17) is 4.98 Å². The second kappa shape index (κ2) is 12.4. The van der Waals surface area contributed by atoms with Crippen LogP contribution >= 0.6 is 11.8 Å². The molecule has 0 saturated heterocycles. The van der Waals surface area contributed by atoms with Gasteiger partial charge in [-0.1, -0.05) is 124 Å². The number of benzene rings is 4. The quantitative estimate of drug-likeness (QED) is 0.149. The van der Waals surface area contributed by atoms with Crippen LogP contribution in [-0.4, -0.2) is 27.8 Å². The third-order valence-corrected chi connectivity index (χ3v) is 7.83. The molecular formula is C35H35N3OS. The number of nitrogens with one attached hydrogen (secondary N) is 1. The van der Waals surface area contributed by atoms with Gasteiger partial charge in [0.25, 0.3) is 5.91 Å². The van der Waals surface area contributed by atoms with Crippen molar-refractivity contribution in [1.29, 1.82) is 0 Å². The van der Waals surface area contributed by atoms with Gasteiger partial charge in [0.15, 0.2) is 5.16 Å². The van der Waals surface area contributed by atoms with Crippen molar-refractivity contribution in [1.82, 2.24) is 14.9 Å². The van der Waals surface area contributed by atoms with Gasteiger partial charge >= 0.3 is 0 Å². The van der Waals surface area contributed by atoms with Crippen LogP contribution in [0.15, 0.2) is 120 Å². The molecular weight excluding hydrogens is 510 g/mol. The van der Waals surface area contributed by atoms with Crippen molar-refractivity contribution in [3.8, 4) is 28.2 Å². The highest BCUT2D eigenvalue weighted by Gasteiger charge is 2.21. The zero-order valence-corrected chi connectivity index (χ0v) is 24.1. The number of imidazole rings is 1. The van der Waals surface area contributed by atoms with Crippen LogP contribution in [0.25, 0.3) is 28.2 Å². The molecule has 1 heterocycles. The summed E-state index contributed by atoms with van der Waals surface area (Å²) in [6.07, 6.45) is 0.833. The average Bonchev–Trinajstić information content (AvgIpc) is 3.37. The molecule has 5 rings (SSSR count). The fraction of sp³-hybridized carbons (Fsp3) is 0.200. The first-order valence-electron chi connectivity index (χ1n) is 13.7. The Bertz CT molecular complexity index is 1540. The van der Waals surface area contributed by atoms with E-state index in [1.807, 2.05) is 42.5 Å². The second-order valence-electron chi connectivity index (χ2n) is 10.8. The number of thioether (sulfide) groups is 1. The van der Waals surface area contributed by atoms with Gasteiger partial charge in [-0.25, -0.2) is 4.98 Å². The fourth-order valence-corrected chi connectivity index (χ4v) is 5.59. The average molecular weight is 546 g/mol. The number of hydrogen-bond donors (Lipinski definition) is 1. The Labute approximate surface area is 241 Å². The van der Waals surface area contributed by atoms with Crippen molar-refractivity contribution in [2.24, 2.45) is 0 Å². The molecule has 1 N–H and O–H groups in total. The third kappa shape index (κ3) is 6.37. The van der Waals surface area contributed by atoms with Gasteiger partial charge in [-0.15, -0.1) is 0 Å². The lowest BCUT2D eigenvalue weighted by Crippen LogP contribution is -2.25. The SMILES string of the molecule is CC(C)(C)c1ccc(C(=O)NCCCSc2nc(-c3ccccc3)c(-c3ccccc3)n2-c2ccccc2)cc1. The molecule has 0 aliphatic heterocycles. The van der Waals surface area contributed by atoms with E-state index in [1.54, 1.807) is 11.8 Å². The molecule has 0 atom stereocenters. The number of carbonyl (C=O) groups excluding carboxylic acids is 1. The molecule has 4 nitrogen and oxygen atoms in total.